The average Bonchev–Trinajstić information content (AvgIpc) is 2.46. The quantitative estimate of drug-likeness (QED) is 0.640. The van der Waals surface area contributed by atoms with E-state index in [1.165, 1.54) is 0 Å². The van der Waals surface area contributed by atoms with Crippen LogP contribution in [0.25, 0.3) is 0 Å². The number of nitrogens with zero attached hydrogens (tertiary/aromatic N) is 2. The summed E-state index contributed by atoms with van der Waals surface area (Å²) in [6.45, 7) is 10.0. The maximum absolute atomic E-state index is 12.7. The number of rotatable bonds is 8. The summed E-state index contributed by atoms with van der Waals surface area (Å²) in [5.74, 6) is 0.332. The molecular formula is C17H27ClN2O. The van der Waals surface area contributed by atoms with Crippen LogP contribution in [-0.4, -0.2) is 28.9 Å². The Morgan fingerprint density at radius 1 is 1.19 bits per heavy atom. The molecule has 0 atom stereocenters. The molecule has 0 aliphatic rings. The zero-order valence-corrected chi connectivity index (χ0v) is 14.4. The van der Waals surface area contributed by atoms with Gasteiger partial charge in [-0.2, -0.15) is 0 Å². The van der Waals surface area contributed by atoms with Crippen LogP contribution in [-0.2, 0) is 0 Å². The van der Waals surface area contributed by atoms with Gasteiger partial charge in [-0.1, -0.05) is 52.1 Å². The van der Waals surface area contributed by atoms with Gasteiger partial charge in [-0.3, -0.25) is 4.79 Å². The van der Waals surface area contributed by atoms with E-state index in [-0.39, 0.29) is 11.8 Å². The number of unbranched alkanes of at least 4 members (excludes halogenated alkanes) is 2. The van der Waals surface area contributed by atoms with Gasteiger partial charge in [-0.15, -0.1) is 0 Å². The van der Waals surface area contributed by atoms with Gasteiger partial charge in [0.05, 0.1) is 0 Å². The topological polar surface area (TPSA) is 33.2 Å². The monoisotopic (exact) mass is 310 g/mol. The molecule has 21 heavy (non-hydrogen) atoms. The first-order valence-corrected chi connectivity index (χ1v) is 8.34. The van der Waals surface area contributed by atoms with Gasteiger partial charge in [0.2, 0.25) is 0 Å². The van der Waals surface area contributed by atoms with Gasteiger partial charge in [0.15, 0.2) is 0 Å². The Hall–Kier alpha value is -1.09. The van der Waals surface area contributed by atoms with E-state index in [2.05, 4.69) is 32.7 Å². The molecule has 0 aliphatic heterocycles. The lowest BCUT2D eigenvalue weighted by Crippen LogP contribution is -2.33. The second-order valence-electron chi connectivity index (χ2n) is 5.76. The number of hydrogen-bond donors (Lipinski definition) is 0. The molecule has 0 aliphatic carbocycles. The highest BCUT2D eigenvalue weighted by Crippen LogP contribution is 2.19. The van der Waals surface area contributed by atoms with E-state index >= 15 is 0 Å². The van der Waals surface area contributed by atoms with E-state index in [9.17, 15) is 4.79 Å². The molecule has 118 valence electrons. The van der Waals surface area contributed by atoms with E-state index in [1.54, 1.807) is 6.07 Å². The SMILES string of the molecule is CCCCN(CCCC)C(=O)c1cc(Cl)nc(C(C)C)c1. The third kappa shape index (κ3) is 5.66. The van der Waals surface area contributed by atoms with Crippen LogP contribution in [0.3, 0.4) is 0 Å². The van der Waals surface area contributed by atoms with Crippen molar-refractivity contribution < 1.29 is 4.79 Å². The Morgan fingerprint density at radius 3 is 2.24 bits per heavy atom. The molecule has 0 fully saturated rings. The molecule has 0 saturated heterocycles. The van der Waals surface area contributed by atoms with Crippen molar-refractivity contribution in [3.05, 3.63) is 28.5 Å². The van der Waals surface area contributed by atoms with Gasteiger partial charge in [0.25, 0.3) is 5.91 Å². The summed E-state index contributed by atoms with van der Waals surface area (Å²) >= 11 is 6.07. The van der Waals surface area contributed by atoms with E-state index in [0.29, 0.717) is 10.7 Å². The minimum atomic E-state index is 0.0723. The first-order valence-electron chi connectivity index (χ1n) is 7.96. The average molecular weight is 311 g/mol. The molecule has 1 rings (SSSR count). The second kappa shape index (κ2) is 9.04. The van der Waals surface area contributed by atoms with Crippen LogP contribution in [0.4, 0.5) is 0 Å². The van der Waals surface area contributed by atoms with Gasteiger partial charge in [0, 0.05) is 24.3 Å². The highest BCUT2D eigenvalue weighted by Gasteiger charge is 2.17. The molecule has 0 bridgehead atoms. The lowest BCUT2D eigenvalue weighted by atomic mass is 10.1. The summed E-state index contributed by atoms with van der Waals surface area (Å²) in [6, 6.07) is 3.56. The number of carbonyl (C=O) groups is 1. The maximum atomic E-state index is 12.7. The summed E-state index contributed by atoms with van der Waals surface area (Å²) < 4.78 is 0. The Balaban J connectivity index is 2.95. The minimum absolute atomic E-state index is 0.0723. The number of carbonyl (C=O) groups excluding carboxylic acids is 1. The van der Waals surface area contributed by atoms with Gasteiger partial charge in [-0.25, -0.2) is 4.98 Å². The highest BCUT2D eigenvalue weighted by atomic mass is 35.5. The summed E-state index contributed by atoms with van der Waals surface area (Å²) in [5, 5.41) is 0.399. The molecule has 1 amide bonds. The van der Waals surface area contributed by atoms with Crippen LogP contribution in [0.15, 0.2) is 12.1 Å². The van der Waals surface area contributed by atoms with Crippen molar-refractivity contribution in [1.29, 1.82) is 0 Å². The molecule has 0 radical (unpaired) electrons. The second-order valence-corrected chi connectivity index (χ2v) is 6.14. The summed E-state index contributed by atoms with van der Waals surface area (Å²) in [6.07, 6.45) is 4.24. The maximum Gasteiger partial charge on any atom is 0.254 e. The largest absolute Gasteiger partial charge is 0.339 e. The number of hydrogen-bond acceptors (Lipinski definition) is 2. The van der Waals surface area contributed by atoms with Gasteiger partial charge < -0.3 is 4.90 Å². The van der Waals surface area contributed by atoms with Gasteiger partial charge in [0.1, 0.15) is 5.15 Å². The van der Waals surface area contributed by atoms with E-state index in [1.807, 2.05) is 11.0 Å². The predicted molar refractivity (Wildman–Crippen MR) is 89.1 cm³/mol. The standard InChI is InChI=1S/C17H27ClN2O/c1-5-7-9-20(10-8-6-2)17(21)14-11-15(13(3)4)19-16(18)12-14/h11-13H,5-10H2,1-4H3. The fourth-order valence-electron chi connectivity index (χ4n) is 2.13. The lowest BCUT2D eigenvalue weighted by molar-refractivity contribution is 0.0751. The van der Waals surface area contributed by atoms with Crippen molar-refractivity contribution in [2.75, 3.05) is 13.1 Å². The highest BCUT2D eigenvalue weighted by molar-refractivity contribution is 6.29. The number of halogens is 1. The lowest BCUT2D eigenvalue weighted by Gasteiger charge is -2.23. The summed E-state index contributed by atoms with van der Waals surface area (Å²) in [7, 11) is 0. The summed E-state index contributed by atoms with van der Waals surface area (Å²) in [4.78, 5) is 19.0. The predicted octanol–water partition coefficient (Wildman–Crippen LogP) is 4.90. The fraction of sp³-hybridized carbons (Fsp3) is 0.647. The third-order valence-corrected chi connectivity index (χ3v) is 3.70. The molecule has 0 spiro atoms. The van der Waals surface area contributed by atoms with E-state index < -0.39 is 0 Å². The third-order valence-electron chi connectivity index (χ3n) is 3.50. The van der Waals surface area contributed by atoms with Crippen molar-refractivity contribution in [3.8, 4) is 0 Å². The van der Waals surface area contributed by atoms with Crippen LogP contribution >= 0.6 is 11.6 Å². The van der Waals surface area contributed by atoms with Crippen molar-refractivity contribution in [1.82, 2.24) is 9.88 Å². The van der Waals surface area contributed by atoms with Gasteiger partial charge in [-0.05, 0) is 30.9 Å². The molecule has 1 aromatic heterocycles. The Kier molecular flexibility index (Phi) is 7.73. The first kappa shape index (κ1) is 18.0. The fourth-order valence-corrected chi connectivity index (χ4v) is 2.35. The van der Waals surface area contributed by atoms with Crippen molar-refractivity contribution in [2.45, 2.75) is 59.3 Å². The number of pyridine rings is 1. The molecule has 3 nitrogen and oxygen atoms in total. The number of aromatic nitrogens is 1. The zero-order valence-electron chi connectivity index (χ0n) is 13.7. The molecule has 0 unspecified atom stereocenters. The van der Waals surface area contributed by atoms with Crippen molar-refractivity contribution in [2.24, 2.45) is 0 Å². The molecule has 0 N–H and O–H groups in total. The molecule has 1 heterocycles. The Labute approximate surface area is 133 Å². The van der Waals surface area contributed by atoms with Crippen LogP contribution in [0.2, 0.25) is 5.15 Å². The van der Waals surface area contributed by atoms with Crippen LogP contribution in [0, 0.1) is 0 Å². The molecule has 4 heteroatoms. The number of amides is 1. The van der Waals surface area contributed by atoms with Gasteiger partial charge >= 0.3 is 0 Å². The Morgan fingerprint density at radius 2 is 1.76 bits per heavy atom. The van der Waals surface area contributed by atoms with E-state index in [0.717, 1.165) is 44.5 Å². The van der Waals surface area contributed by atoms with Crippen molar-refractivity contribution in [3.63, 3.8) is 0 Å². The van der Waals surface area contributed by atoms with Crippen LogP contribution in [0.5, 0.6) is 0 Å². The van der Waals surface area contributed by atoms with Crippen LogP contribution in [0.1, 0.15) is 75.3 Å². The minimum Gasteiger partial charge on any atom is -0.339 e. The van der Waals surface area contributed by atoms with E-state index in [4.69, 9.17) is 11.6 Å². The normalized spacial score (nSPS) is 11.0. The van der Waals surface area contributed by atoms with Crippen LogP contribution < -0.4 is 0 Å². The summed E-state index contributed by atoms with van der Waals surface area (Å²) in [5.41, 5.74) is 1.53. The smallest absolute Gasteiger partial charge is 0.254 e. The van der Waals surface area contributed by atoms with Crippen molar-refractivity contribution >= 4 is 17.5 Å². The molecule has 0 aromatic carbocycles. The molecule has 0 saturated carbocycles. The molecule has 1 aromatic rings. The Bertz CT molecular complexity index is 452. The first-order chi connectivity index (χ1) is 9.99. The molecular weight excluding hydrogens is 284 g/mol. The zero-order chi connectivity index (χ0) is 15.8.